The number of carbonyl (C=O) groups is 2. The van der Waals surface area contributed by atoms with Crippen molar-refractivity contribution < 1.29 is 14.0 Å². The van der Waals surface area contributed by atoms with Crippen molar-refractivity contribution in [2.45, 2.75) is 26.7 Å². The van der Waals surface area contributed by atoms with Crippen molar-refractivity contribution in [3.05, 3.63) is 52.1 Å². The van der Waals surface area contributed by atoms with E-state index in [-0.39, 0.29) is 11.8 Å². The molecule has 1 aromatic carbocycles. The van der Waals surface area contributed by atoms with Crippen molar-refractivity contribution in [3.63, 3.8) is 0 Å². The average Bonchev–Trinajstić information content (AvgIpc) is 3.16. The first-order chi connectivity index (χ1) is 13.9. The lowest BCUT2D eigenvalue weighted by Gasteiger charge is -2.22. The first kappa shape index (κ1) is 19.4. The Morgan fingerprint density at radius 2 is 2.03 bits per heavy atom. The summed E-state index contributed by atoms with van der Waals surface area (Å²) in [6.07, 6.45) is 3.81. The Kier molecular flexibility index (Phi) is 5.24. The monoisotopic (exact) mass is 396 g/mol. The van der Waals surface area contributed by atoms with Crippen molar-refractivity contribution in [1.29, 1.82) is 0 Å². The molecule has 0 saturated carbocycles. The Morgan fingerprint density at radius 1 is 1.28 bits per heavy atom. The van der Waals surface area contributed by atoms with Crippen LogP contribution < -0.4 is 16.0 Å². The minimum absolute atomic E-state index is 0.109. The molecule has 2 aliphatic rings. The third-order valence-corrected chi connectivity index (χ3v) is 5.77. The Morgan fingerprint density at radius 3 is 2.79 bits per heavy atom. The second-order valence-corrected chi connectivity index (χ2v) is 7.77. The summed E-state index contributed by atoms with van der Waals surface area (Å²) >= 11 is 0. The molecule has 4 rings (SSSR count). The van der Waals surface area contributed by atoms with Crippen molar-refractivity contribution >= 4 is 29.2 Å². The number of halogens is 1. The summed E-state index contributed by atoms with van der Waals surface area (Å²) in [6, 6.07) is 4.21. The molecule has 0 radical (unpaired) electrons. The van der Waals surface area contributed by atoms with Gasteiger partial charge in [-0.05, 0) is 75.5 Å². The minimum Gasteiger partial charge on any atom is -0.358 e. The fourth-order valence-electron chi connectivity index (χ4n) is 4.12. The molecule has 2 aliphatic heterocycles. The maximum absolute atomic E-state index is 13.7. The van der Waals surface area contributed by atoms with E-state index in [9.17, 15) is 14.0 Å². The Balaban J connectivity index is 1.58. The van der Waals surface area contributed by atoms with Gasteiger partial charge in [-0.25, -0.2) is 4.39 Å². The van der Waals surface area contributed by atoms with Gasteiger partial charge in [-0.3, -0.25) is 9.59 Å². The van der Waals surface area contributed by atoms with Crippen LogP contribution in [0.1, 0.15) is 45.7 Å². The van der Waals surface area contributed by atoms with Gasteiger partial charge < -0.3 is 20.9 Å². The van der Waals surface area contributed by atoms with Crippen LogP contribution in [0.3, 0.4) is 0 Å². The van der Waals surface area contributed by atoms with Crippen LogP contribution in [0.2, 0.25) is 0 Å². The molecule has 0 spiro atoms. The van der Waals surface area contributed by atoms with E-state index in [2.05, 4.69) is 20.9 Å². The zero-order valence-corrected chi connectivity index (χ0v) is 16.6. The number of anilines is 1. The molecule has 0 bridgehead atoms. The number of piperidine rings is 1. The Labute approximate surface area is 169 Å². The number of H-pyrrole nitrogens is 1. The van der Waals surface area contributed by atoms with Crippen molar-refractivity contribution in [3.8, 4) is 0 Å². The highest BCUT2D eigenvalue weighted by Gasteiger charge is 2.26. The second-order valence-electron chi connectivity index (χ2n) is 7.77. The molecule has 0 atom stereocenters. The molecule has 3 heterocycles. The third-order valence-electron chi connectivity index (χ3n) is 5.77. The summed E-state index contributed by atoms with van der Waals surface area (Å²) in [7, 11) is 0. The van der Waals surface area contributed by atoms with E-state index in [1.165, 1.54) is 12.1 Å². The standard InChI is InChI=1S/C22H25FN4O2/c1-12-19(10-17-16-9-15(23)3-4-18(16)27-21(17)28)26-13(2)20(12)22(29)25-11-14-5-7-24-8-6-14/h3-4,9-10,14,24,26H,5-8,11H2,1-2H3,(H,25,29)(H,27,28)/b17-10-. The second kappa shape index (κ2) is 7.83. The molecule has 2 aromatic rings. The van der Waals surface area contributed by atoms with E-state index in [0.29, 0.717) is 40.5 Å². The highest BCUT2D eigenvalue weighted by atomic mass is 19.1. The number of rotatable bonds is 4. The zero-order valence-electron chi connectivity index (χ0n) is 16.6. The molecule has 29 heavy (non-hydrogen) atoms. The maximum atomic E-state index is 13.7. The van der Waals surface area contributed by atoms with Gasteiger partial charge in [0.05, 0.1) is 11.1 Å². The average molecular weight is 396 g/mol. The number of aryl methyl sites for hydroxylation is 1. The fraction of sp³-hybridized carbons (Fsp3) is 0.364. The molecule has 0 unspecified atom stereocenters. The Bertz CT molecular complexity index is 1000. The van der Waals surface area contributed by atoms with Crippen LogP contribution in [-0.2, 0) is 4.79 Å². The normalized spacial score (nSPS) is 18.0. The lowest BCUT2D eigenvalue weighted by Crippen LogP contribution is -2.36. The fourth-order valence-corrected chi connectivity index (χ4v) is 4.12. The highest BCUT2D eigenvalue weighted by Crippen LogP contribution is 2.34. The zero-order chi connectivity index (χ0) is 20.5. The molecule has 4 N–H and O–H groups in total. The lowest BCUT2D eigenvalue weighted by atomic mass is 9.98. The molecule has 7 heteroatoms. The molecule has 152 valence electrons. The summed E-state index contributed by atoms with van der Waals surface area (Å²) in [5, 5.41) is 9.12. The van der Waals surface area contributed by atoms with Crippen LogP contribution in [0.5, 0.6) is 0 Å². The molecular weight excluding hydrogens is 371 g/mol. The van der Waals surface area contributed by atoms with Gasteiger partial charge in [-0.2, -0.15) is 0 Å². The molecule has 2 amide bonds. The maximum Gasteiger partial charge on any atom is 0.256 e. The van der Waals surface area contributed by atoms with Crippen LogP contribution in [-0.4, -0.2) is 36.4 Å². The molecule has 6 nitrogen and oxygen atoms in total. The smallest absolute Gasteiger partial charge is 0.256 e. The van der Waals surface area contributed by atoms with Crippen LogP contribution in [0, 0.1) is 25.6 Å². The minimum atomic E-state index is -0.400. The Hall–Kier alpha value is -2.93. The van der Waals surface area contributed by atoms with E-state index in [1.807, 2.05) is 13.8 Å². The number of carbonyl (C=O) groups excluding carboxylic acids is 2. The molecular formula is C22H25FN4O2. The highest BCUT2D eigenvalue weighted by molar-refractivity contribution is 6.34. The van der Waals surface area contributed by atoms with Gasteiger partial charge in [0.15, 0.2) is 0 Å². The number of hydrogen-bond acceptors (Lipinski definition) is 3. The quantitative estimate of drug-likeness (QED) is 0.600. The van der Waals surface area contributed by atoms with Gasteiger partial charge in [-0.15, -0.1) is 0 Å². The predicted molar refractivity (Wildman–Crippen MR) is 111 cm³/mol. The van der Waals surface area contributed by atoms with E-state index < -0.39 is 5.82 Å². The van der Waals surface area contributed by atoms with E-state index in [4.69, 9.17) is 0 Å². The lowest BCUT2D eigenvalue weighted by molar-refractivity contribution is -0.110. The van der Waals surface area contributed by atoms with Gasteiger partial charge in [0.2, 0.25) is 0 Å². The summed E-state index contributed by atoms with van der Waals surface area (Å²) in [5.41, 5.74) is 4.29. The van der Waals surface area contributed by atoms with Gasteiger partial charge in [0.25, 0.3) is 11.8 Å². The van der Waals surface area contributed by atoms with E-state index in [1.54, 1.807) is 12.1 Å². The number of aromatic amines is 1. The van der Waals surface area contributed by atoms with Crippen LogP contribution in [0.15, 0.2) is 18.2 Å². The van der Waals surface area contributed by atoms with Crippen molar-refractivity contribution in [2.24, 2.45) is 5.92 Å². The first-order valence-electron chi connectivity index (χ1n) is 9.95. The van der Waals surface area contributed by atoms with Gasteiger partial charge >= 0.3 is 0 Å². The van der Waals surface area contributed by atoms with Crippen LogP contribution in [0.25, 0.3) is 11.6 Å². The van der Waals surface area contributed by atoms with Gasteiger partial charge in [-0.1, -0.05) is 0 Å². The largest absolute Gasteiger partial charge is 0.358 e. The van der Waals surface area contributed by atoms with Crippen molar-refractivity contribution in [1.82, 2.24) is 15.6 Å². The molecule has 1 saturated heterocycles. The van der Waals surface area contributed by atoms with Gasteiger partial charge in [0.1, 0.15) is 5.82 Å². The molecule has 1 fully saturated rings. The molecule has 1 aromatic heterocycles. The number of hydrogen-bond donors (Lipinski definition) is 4. The predicted octanol–water partition coefficient (Wildman–Crippen LogP) is 2.99. The first-order valence-corrected chi connectivity index (χ1v) is 9.95. The SMILES string of the molecule is Cc1[nH]c(/C=C2\C(=O)Nc3ccc(F)cc32)c(C)c1C(=O)NCC1CCNCC1. The number of fused-ring (bicyclic) bond motifs is 1. The third kappa shape index (κ3) is 3.82. The molecule has 0 aliphatic carbocycles. The number of benzene rings is 1. The summed E-state index contributed by atoms with van der Waals surface area (Å²) in [4.78, 5) is 28.4. The number of aromatic nitrogens is 1. The topological polar surface area (TPSA) is 86.0 Å². The number of amides is 2. The summed E-state index contributed by atoms with van der Waals surface area (Å²) in [5.74, 6) is -0.297. The van der Waals surface area contributed by atoms with Gasteiger partial charge in [0, 0.05) is 29.2 Å². The van der Waals surface area contributed by atoms with Crippen molar-refractivity contribution in [2.75, 3.05) is 25.0 Å². The van der Waals surface area contributed by atoms with E-state index in [0.717, 1.165) is 37.2 Å². The van der Waals surface area contributed by atoms with E-state index >= 15 is 0 Å². The van der Waals surface area contributed by atoms with Crippen LogP contribution >= 0.6 is 0 Å². The van der Waals surface area contributed by atoms with Crippen LogP contribution in [0.4, 0.5) is 10.1 Å². The summed E-state index contributed by atoms with van der Waals surface area (Å²) in [6.45, 7) is 6.34. The number of nitrogens with one attached hydrogen (secondary N) is 4. The summed E-state index contributed by atoms with van der Waals surface area (Å²) < 4.78 is 13.7.